The molecule has 1 N–H and O–H groups in total. The van der Waals surface area contributed by atoms with E-state index in [0.717, 1.165) is 48.9 Å². The zero-order valence-corrected chi connectivity index (χ0v) is 15.1. The van der Waals surface area contributed by atoms with E-state index in [1.54, 1.807) is 11.5 Å². The highest BCUT2D eigenvalue weighted by atomic mass is 16.1. The Morgan fingerprint density at radius 1 is 1.32 bits per heavy atom. The number of para-hydroxylation sites is 1. The lowest BCUT2D eigenvalue weighted by atomic mass is 9.94. The molecule has 1 fully saturated rings. The number of piperidine rings is 1. The zero-order chi connectivity index (χ0) is 17.8. The minimum atomic E-state index is 0.0346. The van der Waals surface area contributed by atoms with Crippen LogP contribution in [-0.4, -0.2) is 35.0 Å². The fourth-order valence-corrected chi connectivity index (χ4v) is 3.83. The van der Waals surface area contributed by atoms with Crippen molar-refractivity contribution in [1.29, 1.82) is 0 Å². The van der Waals surface area contributed by atoms with Crippen molar-refractivity contribution >= 4 is 16.8 Å². The predicted molar refractivity (Wildman–Crippen MR) is 100 cm³/mol. The number of fused-ring (bicyclic) bond motifs is 1. The first kappa shape index (κ1) is 17.7. The molecule has 2 aromatic rings. The molecule has 0 radical (unpaired) electrons. The molecule has 1 amide bonds. The SMILES string of the molecule is CC(=O)NCC[C@H]1CCCN(Cc2cc3ccccc3n(C)c2=O)C1. The van der Waals surface area contributed by atoms with Crippen LogP contribution in [0.2, 0.25) is 0 Å². The smallest absolute Gasteiger partial charge is 0.255 e. The Bertz CT molecular complexity index is 812. The van der Waals surface area contributed by atoms with E-state index < -0.39 is 0 Å². The quantitative estimate of drug-likeness (QED) is 0.908. The summed E-state index contributed by atoms with van der Waals surface area (Å²) in [5, 5.41) is 3.99. The Kier molecular flexibility index (Phi) is 5.53. The number of hydrogen-bond donors (Lipinski definition) is 1. The number of hydrogen-bond acceptors (Lipinski definition) is 3. The summed E-state index contributed by atoms with van der Waals surface area (Å²) in [4.78, 5) is 26.1. The van der Waals surface area contributed by atoms with Gasteiger partial charge in [-0.1, -0.05) is 18.2 Å². The van der Waals surface area contributed by atoms with Crippen molar-refractivity contribution < 1.29 is 4.79 Å². The molecular formula is C20H27N3O2. The lowest BCUT2D eigenvalue weighted by molar-refractivity contribution is -0.119. The van der Waals surface area contributed by atoms with Crippen molar-refractivity contribution in [3.05, 3.63) is 46.2 Å². The number of benzene rings is 1. The number of amides is 1. The number of likely N-dealkylation sites (tertiary alicyclic amines) is 1. The number of pyridine rings is 1. The second-order valence-electron chi connectivity index (χ2n) is 7.11. The van der Waals surface area contributed by atoms with Crippen LogP contribution in [0.25, 0.3) is 10.9 Å². The average Bonchev–Trinajstić information content (AvgIpc) is 2.59. The van der Waals surface area contributed by atoms with Crippen LogP contribution in [-0.2, 0) is 18.4 Å². The molecule has 1 aliphatic rings. The molecule has 1 atom stereocenters. The van der Waals surface area contributed by atoms with Gasteiger partial charge in [-0.05, 0) is 49.2 Å². The number of nitrogens with one attached hydrogen (secondary N) is 1. The van der Waals surface area contributed by atoms with Crippen LogP contribution in [0.15, 0.2) is 35.1 Å². The highest BCUT2D eigenvalue weighted by Gasteiger charge is 2.21. The van der Waals surface area contributed by atoms with Crippen LogP contribution < -0.4 is 10.9 Å². The minimum Gasteiger partial charge on any atom is -0.356 e. The summed E-state index contributed by atoms with van der Waals surface area (Å²) < 4.78 is 1.75. The van der Waals surface area contributed by atoms with E-state index in [4.69, 9.17) is 0 Å². The normalized spacial score (nSPS) is 18.4. The van der Waals surface area contributed by atoms with Gasteiger partial charge < -0.3 is 9.88 Å². The Balaban J connectivity index is 1.69. The first-order valence-corrected chi connectivity index (χ1v) is 9.09. The molecule has 0 unspecified atom stereocenters. The van der Waals surface area contributed by atoms with Gasteiger partial charge in [0.25, 0.3) is 5.56 Å². The summed E-state index contributed by atoms with van der Waals surface area (Å²) in [5.41, 5.74) is 1.94. The largest absolute Gasteiger partial charge is 0.356 e. The van der Waals surface area contributed by atoms with Gasteiger partial charge in [0.2, 0.25) is 5.91 Å². The molecule has 1 saturated heterocycles. The van der Waals surface area contributed by atoms with Crippen LogP contribution in [0.5, 0.6) is 0 Å². The predicted octanol–water partition coefficient (Wildman–Crippen LogP) is 2.28. The van der Waals surface area contributed by atoms with Gasteiger partial charge in [-0.25, -0.2) is 0 Å². The molecule has 0 aliphatic carbocycles. The van der Waals surface area contributed by atoms with Gasteiger partial charge in [0.05, 0.1) is 5.52 Å². The Morgan fingerprint density at radius 3 is 2.92 bits per heavy atom. The highest BCUT2D eigenvalue weighted by molar-refractivity contribution is 5.79. The van der Waals surface area contributed by atoms with Gasteiger partial charge in [-0.2, -0.15) is 0 Å². The molecule has 1 aromatic heterocycles. The number of rotatable bonds is 5. The Hall–Kier alpha value is -2.14. The van der Waals surface area contributed by atoms with Crippen molar-refractivity contribution in [1.82, 2.24) is 14.8 Å². The molecule has 25 heavy (non-hydrogen) atoms. The van der Waals surface area contributed by atoms with Crippen molar-refractivity contribution in [2.24, 2.45) is 13.0 Å². The summed E-state index contributed by atoms with van der Waals surface area (Å²) in [5.74, 6) is 0.622. The van der Waals surface area contributed by atoms with Gasteiger partial charge in [-0.3, -0.25) is 14.5 Å². The van der Waals surface area contributed by atoms with Crippen molar-refractivity contribution in [2.45, 2.75) is 32.7 Å². The second-order valence-corrected chi connectivity index (χ2v) is 7.11. The molecule has 0 bridgehead atoms. The van der Waals surface area contributed by atoms with E-state index in [-0.39, 0.29) is 11.5 Å². The first-order valence-electron chi connectivity index (χ1n) is 9.09. The summed E-state index contributed by atoms with van der Waals surface area (Å²) in [6, 6.07) is 10.1. The van der Waals surface area contributed by atoms with Crippen LogP contribution >= 0.6 is 0 Å². The van der Waals surface area contributed by atoms with E-state index >= 15 is 0 Å². The van der Waals surface area contributed by atoms with Crippen molar-refractivity contribution in [3.8, 4) is 0 Å². The summed E-state index contributed by atoms with van der Waals surface area (Å²) in [7, 11) is 1.85. The molecule has 0 spiro atoms. The van der Waals surface area contributed by atoms with E-state index in [9.17, 15) is 9.59 Å². The maximum atomic E-state index is 12.7. The van der Waals surface area contributed by atoms with Gasteiger partial charge >= 0.3 is 0 Å². The van der Waals surface area contributed by atoms with Crippen molar-refractivity contribution in [2.75, 3.05) is 19.6 Å². The highest BCUT2D eigenvalue weighted by Crippen LogP contribution is 2.21. The zero-order valence-electron chi connectivity index (χ0n) is 15.1. The molecule has 1 aromatic carbocycles. The van der Waals surface area contributed by atoms with E-state index in [2.05, 4.69) is 16.3 Å². The van der Waals surface area contributed by atoms with Gasteiger partial charge in [0.1, 0.15) is 0 Å². The third-order valence-corrected chi connectivity index (χ3v) is 5.13. The number of carbonyl (C=O) groups is 1. The molecule has 1 aliphatic heterocycles. The molecule has 5 heteroatoms. The standard InChI is InChI=1S/C20H27N3O2/c1-15(24)21-10-9-16-6-5-11-23(13-16)14-18-12-17-7-3-4-8-19(17)22(2)20(18)25/h3-4,7-8,12,16H,5-6,9-11,13-14H2,1-2H3,(H,21,24)/t16-/m1/s1. The third-order valence-electron chi connectivity index (χ3n) is 5.13. The summed E-state index contributed by atoms with van der Waals surface area (Å²) in [6.45, 7) is 5.03. The molecule has 2 heterocycles. The van der Waals surface area contributed by atoms with E-state index in [0.29, 0.717) is 12.5 Å². The van der Waals surface area contributed by atoms with Gasteiger partial charge in [-0.15, -0.1) is 0 Å². The minimum absolute atomic E-state index is 0.0346. The maximum absolute atomic E-state index is 12.7. The fraction of sp³-hybridized carbons (Fsp3) is 0.500. The van der Waals surface area contributed by atoms with Gasteiger partial charge in [0, 0.05) is 39.2 Å². The van der Waals surface area contributed by atoms with Crippen LogP contribution in [0.4, 0.5) is 0 Å². The lowest BCUT2D eigenvalue weighted by Crippen LogP contribution is -2.38. The monoisotopic (exact) mass is 341 g/mol. The van der Waals surface area contributed by atoms with Gasteiger partial charge in [0.15, 0.2) is 0 Å². The molecule has 3 rings (SSSR count). The molecule has 134 valence electrons. The van der Waals surface area contributed by atoms with Crippen LogP contribution in [0.1, 0.15) is 31.7 Å². The molecule has 0 saturated carbocycles. The first-order chi connectivity index (χ1) is 12.0. The Labute approximate surface area is 148 Å². The molecular weight excluding hydrogens is 314 g/mol. The number of nitrogens with zero attached hydrogens (tertiary/aromatic N) is 2. The second kappa shape index (κ2) is 7.83. The average molecular weight is 341 g/mol. The summed E-state index contributed by atoms with van der Waals surface area (Å²) >= 11 is 0. The Morgan fingerprint density at radius 2 is 2.12 bits per heavy atom. The van der Waals surface area contributed by atoms with E-state index in [1.807, 2.05) is 31.3 Å². The number of aryl methyl sites for hydroxylation is 1. The van der Waals surface area contributed by atoms with Crippen LogP contribution in [0.3, 0.4) is 0 Å². The van der Waals surface area contributed by atoms with E-state index in [1.165, 1.54) is 6.42 Å². The maximum Gasteiger partial charge on any atom is 0.255 e. The lowest BCUT2D eigenvalue weighted by Gasteiger charge is -2.32. The number of aromatic nitrogens is 1. The topological polar surface area (TPSA) is 54.3 Å². The van der Waals surface area contributed by atoms with Crippen molar-refractivity contribution in [3.63, 3.8) is 0 Å². The molecule has 5 nitrogen and oxygen atoms in total. The fourth-order valence-electron chi connectivity index (χ4n) is 3.83. The summed E-state index contributed by atoms with van der Waals surface area (Å²) in [6.07, 6.45) is 3.36. The third kappa shape index (κ3) is 4.28. The van der Waals surface area contributed by atoms with Crippen LogP contribution in [0, 0.1) is 5.92 Å². The number of carbonyl (C=O) groups excluding carboxylic acids is 1.